The predicted molar refractivity (Wildman–Crippen MR) is 310 cm³/mol. The summed E-state index contributed by atoms with van der Waals surface area (Å²) in [6.07, 6.45) is 0. The molecule has 14 rings (SSSR count). The normalized spacial score (nSPS) is 11.6. The summed E-state index contributed by atoms with van der Waals surface area (Å²) in [5.41, 5.74) is 16.7. The molecule has 0 atom stereocenters. The van der Waals surface area contributed by atoms with E-state index in [4.69, 9.17) is 0 Å². The molecule has 334 valence electrons. The smallest absolute Gasteiger partial charge is 0.00928 e. The van der Waals surface area contributed by atoms with Crippen LogP contribution in [0.3, 0.4) is 0 Å². The molecule has 0 heterocycles. The van der Waals surface area contributed by atoms with Gasteiger partial charge in [-0.15, -0.1) is 0 Å². The Bertz CT molecular complexity index is 4120. The molecule has 0 aromatic heterocycles. The lowest BCUT2D eigenvalue weighted by Gasteiger charge is -2.16. The molecule has 0 amide bonds. The van der Waals surface area contributed by atoms with Crippen LogP contribution >= 0.6 is 0 Å². The highest BCUT2D eigenvalue weighted by molar-refractivity contribution is 6.27. The average molecular weight is 911 g/mol. The van der Waals surface area contributed by atoms with Crippen LogP contribution < -0.4 is 0 Å². The van der Waals surface area contributed by atoms with Crippen molar-refractivity contribution in [3.8, 4) is 77.9 Å². The van der Waals surface area contributed by atoms with Crippen LogP contribution in [-0.4, -0.2) is 0 Å². The minimum absolute atomic E-state index is 1.17. The van der Waals surface area contributed by atoms with Crippen molar-refractivity contribution in [3.63, 3.8) is 0 Å². The quantitative estimate of drug-likeness (QED) is 0.140. The second-order valence-corrected chi connectivity index (χ2v) is 19.2. The fraction of sp³-hybridized carbons (Fsp3) is 0. The van der Waals surface area contributed by atoms with Crippen molar-refractivity contribution < 1.29 is 0 Å². The molecular weight excluding hydrogens is 865 g/mol. The van der Waals surface area contributed by atoms with Crippen molar-refractivity contribution >= 4 is 64.6 Å². The van der Waals surface area contributed by atoms with Crippen LogP contribution in [0.1, 0.15) is 0 Å². The van der Waals surface area contributed by atoms with Gasteiger partial charge in [0.1, 0.15) is 0 Å². The summed E-state index contributed by atoms with van der Waals surface area (Å²) in [6, 6.07) is 103. The fourth-order valence-electron chi connectivity index (χ4n) is 11.4. The molecule has 14 aromatic carbocycles. The molecule has 0 radical (unpaired) electrons. The van der Waals surface area contributed by atoms with Crippen molar-refractivity contribution in [2.75, 3.05) is 0 Å². The van der Waals surface area contributed by atoms with E-state index in [2.05, 4.69) is 279 Å². The number of benzene rings is 14. The molecule has 0 aliphatic carbocycles. The molecule has 0 N–H and O–H groups in total. The third-order valence-electron chi connectivity index (χ3n) is 15.0. The molecule has 0 fully saturated rings. The van der Waals surface area contributed by atoms with Gasteiger partial charge < -0.3 is 0 Å². The Hall–Kier alpha value is -9.36. The van der Waals surface area contributed by atoms with E-state index in [1.807, 2.05) is 0 Å². The Balaban J connectivity index is 0.932. The molecule has 0 saturated carbocycles. The predicted octanol–water partition coefficient (Wildman–Crippen LogP) is 20.3. The van der Waals surface area contributed by atoms with Crippen LogP contribution in [0.2, 0.25) is 0 Å². The maximum atomic E-state index is 2.42. The van der Waals surface area contributed by atoms with Crippen molar-refractivity contribution in [2.24, 2.45) is 0 Å². The number of hydrogen-bond donors (Lipinski definition) is 0. The van der Waals surface area contributed by atoms with Gasteiger partial charge in [0.25, 0.3) is 0 Å². The topological polar surface area (TPSA) is 0 Å². The van der Waals surface area contributed by atoms with Gasteiger partial charge in [-0.2, -0.15) is 0 Å². The van der Waals surface area contributed by atoms with Gasteiger partial charge in [-0.25, -0.2) is 0 Å². The van der Waals surface area contributed by atoms with Crippen molar-refractivity contribution in [3.05, 3.63) is 279 Å². The Labute approximate surface area is 419 Å². The maximum absolute atomic E-state index is 2.42. The average Bonchev–Trinajstić information content (AvgIpc) is 3.47. The van der Waals surface area contributed by atoms with Gasteiger partial charge in [0.2, 0.25) is 0 Å². The van der Waals surface area contributed by atoms with E-state index >= 15 is 0 Å². The Morgan fingerprint density at radius 1 is 0.0972 bits per heavy atom. The van der Waals surface area contributed by atoms with Crippen LogP contribution in [-0.2, 0) is 0 Å². The molecule has 0 bridgehead atoms. The van der Waals surface area contributed by atoms with E-state index in [1.165, 1.54) is 143 Å². The first-order valence-corrected chi connectivity index (χ1v) is 25.0. The largest absolute Gasteiger partial charge is 0.0622 e. The molecule has 0 heteroatoms. The highest BCUT2D eigenvalue weighted by Crippen LogP contribution is 2.42. The standard InChI is InChI=1S/C72H46/c1-3-17-47(18-4-1)55-39-56(48-19-5-2-6-20-48)41-57(40-55)51-23-15-21-49(37-51)50-22-16-24-52(38-50)58-42-59(53-33-35-69-65-29-9-7-25-61(65)63-27-11-13-31-67(63)71(69)45-53)44-60(43-58)54-34-36-70-66-30-10-8-26-62(66)64-28-12-14-32-68(64)72(70)46-54/h1-46H. The number of hydrogen-bond acceptors (Lipinski definition) is 0. The van der Waals surface area contributed by atoms with Gasteiger partial charge >= 0.3 is 0 Å². The number of fused-ring (bicyclic) bond motifs is 12. The molecule has 0 aliphatic rings. The first kappa shape index (κ1) is 41.6. The van der Waals surface area contributed by atoms with Gasteiger partial charge in [0.15, 0.2) is 0 Å². The van der Waals surface area contributed by atoms with E-state index in [-0.39, 0.29) is 0 Å². The fourth-order valence-corrected chi connectivity index (χ4v) is 11.4. The summed E-state index contributed by atoms with van der Waals surface area (Å²) in [5.74, 6) is 0. The summed E-state index contributed by atoms with van der Waals surface area (Å²) >= 11 is 0. The van der Waals surface area contributed by atoms with Crippen LogP contribution in [0, 0.1) is 0 Å². The third kappa shape index (κ3) is 7.24. The van der Waals surface area contributed by atoms with E-state index in [0.29, 0.717) is 0 Å². The lowest BCUT2D eigenvalue weighted by atomic mass is 9.88. The van der Waals surface area contributed by atoms with Crippen LogP contribution in [0.5, 0.6) is 0 Å². The van der Waals surface area contributed by atoms with Crippen LogP contribution in [0.4, 0.5) is 0 Å². The third-order valence-corrected chi connectivity index (χ3v) is 15.0. The van der Waals surface area contributed by atoms with Gasteiger partial charge in [0, 0.05) is 0 Å². The SMILES string of the molecule is c1ccc(-c2cc(-c3ccccc3)cc(-c3cccc(-c4cccc(-c5cc(-c6ccc7c8ccccc8c8ccccc8c7c6)cc(-c6ccc7c8ccccc8c8ccccc8c7c6)c5)c4)c3)c2)cc1. The first-order valence-electron chi connectivity index (χ1n) is 25.0. The summed E-state index contributed by atoms with van der Waals surface area (Å²) in [4.78, 5) is 0. The number of rotatable bonds is 7. The molecule has 0 spiro atoms. The van der Waals surface area contributed by atoms with E-state index in [0.717, 1.165) is 0 Å². The minimum atomic E-state index is 1.17. The zero-order valence-electron chi connectivity index (χ0n) is 39.6. The van der Waals surface area contributed by atoms with Gasteiger partial charge in [0.05, 0.1) is 0 Å². The zero-order chi connectivity index (χ0) is 47.5. The Morgan fingerprint density at radius 2 is 0.292 bits per heavy atom. The first-order chi connectivity index (χ1) is 35.7. The van der Waals surface area contributed by atoms with Gasteiger partial charge in [-0.1, -0.05) is 218 Å². The van der Waals surface area contributed by atoms with Crippen LogP contribution in [0.25, 0.3) is 143 Å². The lowest BCUT2D eigenvalue weighted by molar-refractivity contribution is 1.55. The zero-order valence-corrected chi connectivity index (χ0v) is 39.6. The van der Waals surface area contributed by atoms with E-state index in [9.17, 15) is 0 Å². The Kier molecular flexibility index (Phi) is 9.96. The molecular formula is C72H46. The second-order valence-electron chi connectivity index (χ2n) is 19.2. The monoisotopic (exact) mass is 910 g/mol. The van der Waals surface area contributed by atoms with Crippen molar-refractivity contribution in [2.45, 2.75) is 0 Å². The molecule has 72 heavy (non-hydrogen) atoms. The summed E-state index contributed by atoms with van der Waals surface area (Å²) in [6.45, 7) is 0. The Morgan fingerprint density at radius 3 is 0.597 bits per heavy atom. The lowest BCUT2D eigenvalue weighted by Crippen LogP contribution is -1.89. The van der Waals surface area contributed by atoms with Gasteiger partial charge in [-0.3, -0.25) is 0 Å². The molecule has 0 unspecified atom stereocenters. The van der Waals surface area contributed by atoms with E-state index < -0.39 is 0 Å². The van der Waals surface area contributed by atoms with E-state index in [1.54, 1.807) is 0 Å². The highest BCUT2D eigenvalue weighted by atomic mass is 14.2. The van der Waals surface area contributed by atoms with Crippen molar-refractivity contribution in [1.29, 1.82) is 0 Å². The minimum Gasteiger partial charge on any atom is -0.0622 e. The molecule has 0 nitrogen and oxygen atoms in total. The maximum Gasteiger partial charge on any atom is -0.00928 e. The van der Waals surface area contributed by atoms with Gasteiger partial charge in [-0.05, 0) is 203 Å². The van der Waals surface area contributed by atoms with Crippen molar-refractivity contribution in [1.82, 2.24) is 0 Å². The van der Waals surface area contributed by atoms with Crippen LogP contribution in [0.15, 0.2) is 279 Å². The summed E-state index contributed by atoms with van der Waals surface area (Å²) in [7, 11) is 0. The summed E-state index contributed by atoms with van der Waals surface area (Å²) < 4.78 is 0. The molecule has 14 aromatic rings. The second kappa shape index (κ2) is 17.2. The molecule has 0 aliphatic heterocycles. The summed E-state index contributed by atoms with van der Waals surface area (Å²) in [5, 5.41) is 15.3. The highest BCUT2D eigenvalue weighted by Gasteiger charge is 2.16. The molecule has 0 saturated heterocycles.